The number of amides is 1. The maximum Gasteiger partial charge on any atom is 0.326 e. The molecule has 1 aromatic carbocycles. The summed E-state index contributed by atoms with van der Waals surface area (Å²) in [5, 5.41) is 9.03. The van der Waals surface area contributed by atoms with Crippen molar-refractivity contribution in [1.82, 2.24) is 4.90 Å². The molecule has 0 saturated carbocycles. The lowest BCUT2D eigenvalue weighted by Gasteiger charge is -2.24. The van der Waals surface area contributed by atoms with E-state index in [2.05, 4.69) is 0 Å². The Morgan fingerprint density at radius 1 is 1.50 bits per heavy atom. The lowest BCUT2D eigenvalue weighted by atomic mass is 10.0. The van der Waals surface area contributed by atoms with Crippen LogP contribution in [-0.2, 0) is 16.0 Å². The minimum absolute atomic E-state index is 0.202. The number of halogens is 1. The monoisotopic (exact) mass is 297 g/mol. The van der Waals surface area contributed by atoms with E-state index in [0.717, 1.165) is 5.56 Å². The Labute approximate surface area is 122 Å². The number of methoxy groups -OCH3 is 1. The number of carboxylic acid groups (broad SMARTS) is 1. The second kappa shape index (κ2) is 6.13. The van der Waals surface area contributed by atoms with Crippen LogP contribution in [0.15, 0.2) is 24.3 Å². The van der Waals surface area contributed by atoms with Gasteiger partial charge in [0, 0.05) is 19.4 Å². The number of benzene rings is 1. The normalized spacial score (nSPS) is 20.0. The molecule has 1 saturated heterocycles. The van der Waals surface area contributed by atoms with Crippen LogP contribution in [0.2, 0.25) is 0 Å². The Morgan fingerprint density at radius 3 is 2.60 bits per heavy atom. The van der Waals surface area contributed by atoms with Crippen LogP contribution in [0.5, 0.6) is 5.75 Å². The fourth-order valence-electron chi connectivity index (χ4n) is 2.30. The summed E-state index contributed by atoms with van der Waals surface area (Å²) < 4.78 is 5.05. The number of aliphatic carboxylic acids is 1. The zero-order chi connectivity index (χ0) is 14.7. The van der Waals surface area contributed by atoms with Crippen LogP contribution >= 0.6 is 11.6 Å². The molecule has 0 bridgehead atoms. The van der Waals surface area contributed by atoms with E-state index in [9.17, 15) is 14.7 Å². The topological polar surface area (TPSA) is 66.8 Å². The largest absolute Gasteiger partial charge is 0.497 e. The van der Waals surface area contributed by atoms with Crippen LogP contribution in [0.3, 0.4) is 0 Å². The third kappa shape index (κ3) is 3.22. The van der Waals surface area contributed by atoms with Crippen molar-refractivity contribution in [1.29, 1.82) is 0 Å². The second-order valence-electron chi connectivity index (χ2n) is 4.75. The zero-order valence-electron chi connectivity index (χ0n) is 11.1. The average molecular weight is 298 g/mol. The highest BCUT2D eigenvalue weighted by Gasteiger charge is 2.36. The van der Waals surface area contributed by atoms with E-state index >= 15 is 0 Å². The van der Waals surface area contributed by atoms with Gasteiger partial charge in [0.05, 0.1) is 12.5 Å². The maximum absolute atomic E-state index is 11.8. The molecule has 6 heteroatoms. The molecule has 0 aliphatic carbocycles. The number of alkyl halides is 1. The molecule has 0 spiro atoms. The van der Waals surface area contributed by atoms with Gasteiger partial charge >= 0.3 is 5.97 Å². The van der Waals surface area contributed by atoms with Crippen molar-refractivity contribution in [2.75, 3.05) is 13.7 Å². The number of nitrogens with zero attached hydrogens (tertiary/aromatic N) is 1. The van der Waals surface area contributed by atoms with Gasteiger partial charge in [0.15, 0.2) is 0 Å². The maximum atomic E-state index is 11.8. The molecular formula is C14H16ClNO4. The SMILES string of the molecule is COc1ccc(C[C@@H](C(=O)O)N2CC(Cl)CC2=O)cc1. The standard InChI is InChI=1S/C14H16ClNO4/c1-20-11-4-2-9(3-5-11)6-12(14(18)19)16-8-10(15)7-13(16)17/h2-5,10,12H,6-8H2,1H3,(H,18,19)/t10?,12-/m0/s1. The van der Waals surface area contributed by atoms with Crippen LogP contribution in [0.25, 0.3) is 0 Å². The smallest absolute Gasteiger partial charge is 0.326 e. The number of hydrogen-bond acceptors (Lipinski definition) is 3. The van der Waals surface area contributed by atoms with E-state index in [1.807, 2.05) is 0 Å². The van der Waals surface area contributed by atoms with E-state index in [-0.39, 0.29) is 30.7 Å². The van der Waals surface area contributed by atoms with Gasteiger partial charge in [0.1, 0.15) is 11.8 Å². The van der Waals surface area contributed by atoms with E-state index in [1.54, 1.807) is 31.4 Å². The molecule has 2 rings (SSSR count). The lowest BCUT2D eigenvalue weighted by Crippen LogP contribution is -2.43. The molecule has 108 valence electrons. The predicted molar refractivity (Wildman–Crippen MR) is 74.1 cm³/mol. The van der Waals surface area contributed by atoms with Gasteiger partial charge in [-0.05, 0) is 17.7 Å². The molecule has 2 atom stereocenters. The lowest BCUT2D eigenvalue weighted by molar-refractivity contribution is -0.148. The first-order chi connectivity index (χ1) is 9.51. The summed E-state index contributed by atoms with van der Waals surface area (Å²) in [7, 11) is 1.57. The van der Waals surface area contributed by atoms with Crippen LogP contribution in [0.4, 0.5) is 0 Å². The van der Waals surface area contributed by atoms with Gasteiger partial charge in [0.2, 0.25) is 5.91 Å². The fourth-order valence-corrected chi connectivity index (χ4v) is 2.58. The third-order valence-electron chi connectivity index (χ3n) is 3.36. The summed E-state index contributed by atoms with van der Waals surface area (Å²) in [4.78, 5) is 24.5. The number of hydrogen-bond donors (Lipinski definition) is 1. The number of carbonyl (C=O) groups excluding carboxylic acids is 1. The van der Waals surface area contributed by atoms with Crippen LogP contribution in [-0.4, -0.2) is 47.0 Å². The average Bonchev–Trinajstić information content (AvgIpc) is 2.75. The van der Waals surface area contributed by atoms with E-state index < -0.39 is 12.0 Å². The van der Waals surface area contributed by atoms with Gasteiger partial charge in [-0.1, -0.05) is 12.1 Å². The number of carboxylic acids is 1. The summed E-state index contributed by atoms with van der Waals surface area (Å²) in [5.41, 5.74) is 0.837. The van der Waals surface area contributed by atoms with E-state index in [1.165, 1.54) is 4.90 Å². The van der Waals surface area contributed by atoms with Gasteiger partial charge in [-0.25, -0.2) is 4.79 Å². The van der Waals surface area contributed by atoms with Crippen LogP contribution < -0.4 is 4.74 Å². The van der Waals surface area contributed by atoms with Crippen molar-refractivity contribution in [2.45, 2.75) is 24.3 Å². The molecule has 1 aliphatic heterocycles. The summed E-state index contributed by atoms with van der Waals surface area (Å²) in [6, 6.07) is 6.26. The molecule has 1 aromatic rings. The quantitative estimate of drug-likeness (QED) is 0.837. The van der Waals surface area contributed by atoms with Crippen molar-refractivity contribution in [3.8, 4) is 5.75 Å². The molecular weight excluding hydrogens is 282 g/mol. The zero-order valence-corrected chi connectivity index (χ0v) is 11.8. The Morgan fingerprint density at radius 2 is 2.15 bits per heavy atom. The van der Waals surface area contributed by atoms with Crippen LogP contribution in [0.1, 0.15) is 12.0 Å². The Hall–Kier alpha value is -1.75. The summed E-state index contributed by atoms with van der Waals surface area (Å²) in [6.07, 6.45) is 0.461. The Kier molecular flexibility index (Phi) is 4.49. The Balaban J connectivity index is 2.13. The number of likely N-dealkylation sites (tertiary alicyclic amines) is 1. The molecule has 1 heterocycles. The van der Waals surface area contributed by atoms with Gasteiger partial charge in [-0.15, -0.1) is 11.6 Å². The molecule has 1 amide bonds. The van der Waals surface area contributed by atoms with Gasteiger partial charge in [-0.2, -0.15) is 0 Å². The number of ether oxygens (including phenoxy) is 1. The predicted octanol–water partition coefficient (Wildman–Crippen LogP) is 1.53. The number of rotatable bonds is 5. The van der Waals surface area contributed by atoms with Crippen LogP contribution in [0, 0.1) is 0 Å². The molecule has 1 N–H and O–H groups in total. The van der Waals surface area contributed by atoms with Crippen molar-refractivity contribution < 1.29 is 19.4 Å². The molecule has 0 aromatic heterocycles. The highest BCUT2D eigenvalue weighted by atomic mass is 35.5. The summed E-state index contributed by atoms with van der Waals surface area (Å²) in [6.45, 7) is 0.285. The first-order valence-corrected chi connectivity index (χ1v) is 6.74. The van der Waals surface area contributed by atoms with Crippen molar-refractivity contribution in [2.24, 2.45) is 0 Å². The van der Waals surface area contributed by atoms with E-state index in [0.29, 0.717) is 5.75 Å². The molecule has 1 fully saturated rings. The van der Waals surface area contributed by atoms with Gasteiger partial charge in [-0.3, -0.25) is 4.79 Å². The van der Waals surface area contributed by atoms with Crippen molar-refractivity contribution in [3.63, 3.8) is 0 Å². The molecule has 5 nitrogen and oxygen atoms in total. The second-order valence-corrected chi connectivity index (χ2v) is 5.37. The molecule has 0 radical (unpaired) electrons. The van der Waals surface area contributed by atoms with Gasteiger partial charge < -0.3 is 14.7 Å². The van der Waals surface area contributed by atoms with Crippen molar-refractivity contribution >= 4 is 23.5 Å². The first kappa shape index (κ1) is 14.7. The van der Waals surface area contributed by atoms with Gasteiger partial charge in [0.25, 0.3) is 0 Å². The molecule has 1 unspecified atom stereocenters. The summed E-state index contributed by atoms with van der Waals surface area (Å²) in [5.74, 6) is -0.510. The third-order valence-corrected chi connectivity index (χ3v) is 3.65. The first-order valence-electron chi connectivity index (χ1n) is 6.30. The molecule has 20 heavy (non-hydrogen) atoms. The Bertz CT molecular complexity index is 502. The minimum Gasteiger partial charge on any atom is -0.497 e. The highest BCUT2D eigenvalue weighted by molar-refractivity contribution is 6.22. The highest BCUT2D eigenvalue weighted by Crippen LogP contribution is 2.22. The molecule has 1 aliphatic rings. The van der Waals surface area contributed by atoms with E-state index in [4.69, 9.17) is 16.3 Å². The fraction of sp³-hybridized carbons (Fsp3) is 0.429. The number of carbonyl (C=O) groups is 2. The van der Waals surface area contributed by atoms with Crippen molar-refractivity contribution in [3.05, 3.63) is 29.8 Å². The minimum atomic E-state index is -1.01. The summed E-state index contributed by atoms with van der Waals surface area (Å²) >= 11 is 5.92.